The van der Waals surface area contributed by atoms with E-state index in [0.717, 1.165) is 25.9 Å². The second kappa shape index (κ2) is 8.59. The maximum Gasteiger partial charge on any atom is 0.222 e. The number of anilines is 1. The van der Waals surface area contributed by atoms with Crippen LogP contribution in [0.4, 0.5) is 5.69 Å². The van der Waals surface area contributed by atoms with Crippen molar-refractivity contribution >= 4 is 11.6 Å². The van der Waals surface area contributed by atoms with Crippen LogP contribution >= 0.6 is 0 Å². The Hall–Kier alpha value is -1.55. The Morgan fingerprint density at radius 1 is 1.20 bits per heavy atom. The van der Waals surface area contributed by atoms with Crippen LogP contribution in [-0.2, 0) is 4.79 Å². The summed E-state index contributed by atoms with van der Waals surface area (Å²) in [5, 5.41) is 0. The summed E-state index contributed by atoms with van der Waals surface area (Å²) >= 11 is 0. The second-order valence-electron chi connectivity index (χ2n) is 5.36. The molecule has 112 valence electrons. The Kier molecular flexibility index (Phi) is 7.09. The molecule has 0 atom stereocenters. The normalized spacial score (nSPS) is 10.4. The minimum absolute atomic E-state index is 0.188. The smallest absolute Gasteiger partial charge is 0.222 e. The maximum absolute atomic E-state index is 11.6. The van der Waals surface area contributed by atoms with E-state index in [0.29, 0.717) is 13.0 Å². The SMILES string of the molecule is Cc1cccc(N(CCCN)CCCC(=O)N(C)C)c1. The molecule has 0 bridgehead atoms. The molecule has 0 aromatic heterocycles. The van der Waals surface area contributed by atoms with Gasteiger partial charge in [-0.2, -0.15) is 0 Å². The molecule has 0 spiro atoms. The highest BCUT2D eigenvalue weighted by molar-refractivity contribution is 5.75. The number of amides is 1. The highest BCUT2D eigenvalue weighted by Gasteiger charge is 2.09. The van der Waals surface area contributed by atoms with E-state index in [1.54, 1.807) is 19.0 Å². The van der Waals surface area contributed by atoms with Crippen molar-refractivity contribution in [3.63, 3.8) is 0 Å². The van der Waals surface area contributed by atoms with Gasteiger partial charge in [0.2, 0.25) is 5.91 Å². The summed E-state index contributed by atoms with van der Waals surface area (Å²) in [7, 11) is 3.60. The van der Waals surface area contributed by atoms with Crippen molar-refractivity contribution in [1.82, 2.24) is 4.90 Å². The molecule has 1 amide bonds. The number of aryl methyl sites for hydroxylation is 1. The van der Waals surface area contributed by atoms with Gasteiger partial charge >= 0.3 is 0 Å². The predicted octanol–water partition coefficient (Wildman–Crippen LogP) is 2.02. The lowest BCUT2D eigenvalue weighted by atomic mass is 10.2. The summed E-state index contributed by atoms with van der Waals surface area (Å²) in [5.41, 5.74) is 8.09. The maximum atomic E-state index is 11.6. The standard InChI is InChI=1S/C16H27N3O/c1-14-7-4-8-15(13-14)19(12-6-10-17)11-5-9-16(20)18(2)3/h4,7-8,13H,5-6,9-12,17H2,1-3H3. The lowest BCUT2D eigenvalue weighted by Gasteiger charge is -2.25. The Morgan fingerprint density at radius 2 is 1.90 bits per heavy atom. The molecule has 0 saturated heterocycles. The van der Waals surface area contributed by atoms with E-state index in [-0.39, 0.29) is 5.91 Å². The number of carbonyl (C=O) groups excluding carboxylic acids is 1. The molecule has 0 unspecified atom stereocenters. The summed E-state index contributed by atoms with van der Waals surface area (Å²) in [6, 6.07) is 8.48. The minimum Gasteiger partial charge on any atom is -0.371 e. The third-order valence-electron chi connectivity index (χ3n) is 3.32. The molecule has 0 radical (unpaired) electrons. The first-order chi connectivity index (χ1) is 9.54. The first kappa shape index (κ1) is 16.5. The van der Waals surface area contributed by atoms with Gasteiger partial charge in [-0.15, -0.1) is 0 Å². The van der Waals surface area contributed by atoms with Gasteiger partial charge in [0.05, 0.1) is 0 Å². The summed E-state index contributed by atoms with van der Waals surface area (Å²) in [4.78, 5) is 15.6. The van der Waals surface area contributed by atoms with Crippen molar-refractivity contribution in [2.45, 2.75) is 26.2 Å². The van der Waals surface area contributed by atoms with Gasteiger partial charge in [-0.05, 0) is 44.0 Å². The quantitative estimate of drug-likeness (QED) is 0.791. The fourth-order valence-corrected chi connectivity index (χ4v) is 2.12. The predicted molar refractivity (Wildman–Crippen MR) is 85.0 cm³/mol. The summed E-state index contributed by atoms with van der Waals surface area (Å²) < 4.78 is 0. The molecule has 0 heterocycles. The molecule has 0 saturated carbocycles. The van der Waals surface area contributed by atoms with Crippen LogP contribution in [0.2, 0.25) is 0 Å². The minimum atomic E-state index is 0.188. The van der Waals surface area contributed by atoms with E-state index < -0.39 is 0 Å². The van der Waals surface area contributed by atoms with Crippen LogP contribution in [0.1, 0.15) is 24.8 Å². The zero-order valence-corrected chi connectivity index (χ0v) is 12.9. The molecule has 1 aromatic carbocycles. The third-order valence-corrected chi connectivity index (χ3v) is 3.32. The van der Waals surface area contributed by atoms with Crippen LogP contribution in [0, 0.1) is 6.92 Å². The van der Waals surface area contributed by atoms with Gasteiger partial charge in [-0.3, -0.25) is 4.79 Å². The van der Waals surface area contributed by atoms with E-state index in [2.05, 4.69) is 36.1 Å². The van der Waals surface area contributed by atoms with Gasteiger partial charge in [0.25, 0.3) is 0 Å². The second-order valence-corrected chi connectivity index (χ2v) is 5.36. The van der Waals surface area contributed by atoms with Crippen LogP contribution in [0.5, 0.6) is 0 Å². The number of carbonyl (C=O) groups is 1. The molecule has 0 aliphatic rings. The monoisotopic (exact) mass is 277 g/mol. The molecule has 1 rings (SSSR count). The number of nitrogens with zero attached hydrogens (tertiary/aromatic N) is 2. The summed E-state index contributed by atoms with van der Waals surface area (Å²) in [6.07, 6.45) is 2.43. The highest BCUT2D eigenvalue weighted by Crippen LogP contribution is 2.17. The molecule has 0 fully saturated rings. The van der Waals surface area contributed by atoms with E-state index >= 15 is 0 Å². The Labute approximate surface area is 122 Å². The molecule has 20 heavy (non-hydrogen) atoms. The number of hydrogen-bond acceptors (Lipinski definition) is 3. The van der Waals surface area contributed by atoms with Crippen molar-refractivity contribution in [2.24, 2.45) is 5.73 Å². The van der Waals surface area contributed by atoms with Crippen LogP contribution < -0.4 is 10.6 Å². The number of rotatable bonds is 8. The molecule has 4 nitrogen and oxygen atoms in total. The van der Waals surface area contributed by atoms with E-state index in [9.17, 15) is 4.79 Å². The van der Waals surface area contributed by atoms with Crippen LogP contribution in [0.25, 0.3) is 0 Å². The number of hydrogen-bond donors (Lipinski definition) is 1. The third kappa shape index (κ3) is 5.61. The molecular weight excluding hydrogens is 250 g/mol. The fourth-order valence-electron chi connectivity index (χ4n) is 2.12. The van der Waals surface area contributed by atoms with Crippen molar-refractivity contribution < 1.29 is 4.79 Å². The number of benzene rings is 1. The average Bonchev–Trinajstić information content (AvgIpc) is 2.42. The largest absolute Gasteiger partial charge is 0.371 e. The van der Waals surface area contributed by atoms with Gasteiger partial charge < -0.3 is 15.5 Å². The Balaban J connectivity index is 2.58. The van der Waals surface area contributed by atoms with Gasteiger partial charge in [-0.25, -0.2) is 0 Å². The first-order valence-corrected chi connectivity index (χ1v) is 7.26. The molecule has 0 aliphatic heterocycles. The topological polar surface area (TPSA) is 49.6 Å². The van der Waals surface area contributed by atoms with Gasteiger partial charge in [-0.1, -0.05) is 12.1 Å². The zero-order valence-electron chi connectivity index (χ0n) is 12.9. The molecular formula is C16H27N3O. The van der Waals surface area contributed by atoms with Gasteiger partial charge in [0.1, 0.15) is 0 Å². The first-order valence-electron chi connectivity index (χ1n) is 7.26. The van der Waals surface area contributed by atoms with Crippen molar-refractivity contribution in [2.75, 3.05) is 38.6 Å². The van der Waals surface area contributed by atoms with Gasteiger partial charge in [0.15, 0.2) is 0 Å². The molecule has 4 heteroatoms. The van der Waals surface area contributed by atoms with Crippen molar-refractivity contribution in [1.29, 1.82) is 0 Å². The van der Waals surface area contributed by atoms with Crippen molar-refractivity contribution in [3.05, 3.63) is 29.8 Å². The summed E-state index contributed by atoms with van der Waals surface area (Å²) in [6.45, 7) is 4.62. The Morgan fingerprint density at radius 3 is 2.50 bits per heavy atom. The fraction of sp³-hybridized carbons (Fsp3) is 0.562. The van der Waals surface area contributed by atoms with E-state index in [1.165, 1.54) is 11.3 Å². The lowest BCUT2D eigenvalue weighted by Crippen LogP contribution is -2.29. The molecule has 2 N–H and O–H groups in total. The molecule has 0 aliphatic carbocycles. The van der Waals surface area contributed by atoms with Crippen LogP contribution in [0.15, 0.2) is 24.3 Å². The van der Waals surface area contributed by atoms with Crippen molar-refractivity contribution in [3.8, 4) is 0 Å². The van der Waals surface area contributed by atoms with E-state index in [1.807, 2.05) is 0 Å². The summed E-state index contributed by atoms with van der Waals surface area (Å²) in [5.74, 6) is 0.188. The number of nitrogens with two attached hydrogens (primary N) is 1. The van der Waals surface area contributed by atoms with Crippen LogP contribution in [-0.4, -0.2) is 44.5 Å². The molecule has 1 aromatic rings. The van der Waals surface area contributed by atoms with E-state index in [4.69, 9.17) is 5.73 Å². The van der Waals surface area contributed by atoms with Crippen LogP contribution in [0.3, 0.4) is 0 Å². The average molecular weight is 277 g/mol. The van der Waals surface area contributed by atoms with Gasteiger partial charge in [0, 0.05) is 39.3 Å². The lowest BCUT2D eigenvalue weighted by molar-refractivity contribution is -0.128. The zero-order chi connectivity index (χ0) is 15.0. The Bertz CT molecular complexity index is 418. The highest BCUT2D eigenvalue weighted by atomic mass is 16.2.